The molecule has 0 saturated carbocycles. The van der Waals surface area contributed by atoms with Crippen molar-refractivity contribution in [1.29, 1.82) is 0 Å². The van der Waals surface area contributed by atoms with Crippen molar-refractivity contribution in [2.75, 3.05) is 11.9 Å². The number of aromatic amines is 1. The molecule has 0 unspecified atom stereocenters. The lowest BCUT2D eigenvalue weighted by Crippen LogP contribution is -2.29. The van der Waals surface area contributed by atoms with Gasteiger partial charge in [0.25, 0.3) is 0 Å². The Morgan fingerprint density at radius 2 is 2.19 bits per heavy atom. The third-order valence-electron chi connectivity index (χ3n) is 3.74. The largest absolute Gasteiger partial charge is 0.362 e. The van der Waals surface area contributed by atoms with Crippen molar-refractivity contribution in [3.8, 4) is 0 Å². The van der Waals surface area contributed by atoms with E-state index in [1.165, 1.54) is 25.7 Å². The molecule has 0 spiro atoms. The van der Waals surface area contributed by atoms with E-state index in [2.05, 4.69) is 26.7 Å². The van der Waals surface area contributed by atoms with E-state index in [1.807, 2.05) is 24.3 Å². The summed E-state index contributed by atoms with van der Waals surface area (Å²) in [5, 5.41) is 6.96. The molecule has 1 aromatic heterocycles. The molecule has 21 heavy (non-hydrogen) atoms. The fraction of sp³-hybridized carbons (Fsp3) is 0.375. The molecule has 0 atom stereocenters. The number of fused-ring (bicyclic) bond motifs is 1. The first-order chi connectivity index (χ1) is 10.3. The topological polar surface area (TPSA) is 52.7 Å². The van der Waals surface area contributed by atoms with Crippen molar-refractivity contribution in [3.05, 3.63) is 35.9 Å². The molecule has 1 heterocycles. The predicted octanol–water partition coefficient (Wildman–Crippen LogP) is 3.74. The molecule has 4 nitrogen and oxygen atoms in total. The summed E-state index contributed by atoms with van der Waals surface area (Å²) in [5.74, 6) is 0.686. The highest BCUT2D eigenvalue weighted by molar-refractivity contribution is 7.80. The molecule has 3 N–H and O–H groups in total. The van der Waals surface area contributed by atoms with Crippen LogP contribution in [-0.2, 0) is 0 Å². The third-order valence-corrected chi connectivity index (χ3v) is 3.98. The highest BCUT2D eigenvalue weighted by Gasteiger charge is 2.05. The van der Waals surface area contributed by atoms with E-state index in [1.54, 1.807) is 5.57 Å². The first kappa shape index (κ1) is 14.1. The van der Waals surface area contributed by atoms with Gasteiger partial charge in [0.15, 0.2) is 5.11 Å². The van der Waals surface area contributed by atoms with Crippen LogP contribution in [0.3, 0.4) is 0 Å². The molecule has 0 amide bonds. The second-order valence-corrected chi connectivity index (χ2v) is 5.75. The molecular formula is C16H20N4S. The summed E-state index contributed by atoms with van der Waals surface area (Å²) in [4.78, 5) is 7.65. The lowest BCUT2D eigenvalue weighted by atomic mass is 9.97. The average molecular weight is 300 g/mol. The van der Waals surface area contributed by atoms with E-state index in [4.69, 9.17) is 12.2 Å². The van der Waals surface area contributed by atoms with Crippen molar-refractivity contribution in [2.45, 2.75) is 32.1 Å². The molecule has 110 valence electrons. The Morgan fingerprint density at radius 3 is 3.00 bits per heavy atom. The van der Waals surface area contributed by atoms with Crippen molar-refractivity contribution in [2.24, 2.45) is 0 Å². The van der Waals surface area contributed by atoms with Crippen molar-refractivity contribution >= 4 is 34.3 Å². The van der Waals surface area contributed by atoms with Gasteiger partial charge >= 0.3 is 0 Å². The summed E-state index contributed by atoms with van der Waals surface area (Å²) in [6, 6.07) is 7.93. The minimum Gasteiger partial charge on any atom is -0.362 e. The van der Waals surface area contributed by atoms with Gasteiger partial charge in [-0.1, -0.05) is 23.8 Å². The number of benzene rings is 1. The summed E-state index contributed by atoms with van der Waals surface area (Å²) in [5.41, 5.74) is 3.51. The zero-order valence-corrected chi connectivity index (χ0v) is 12.8. The monoisotopic (exact) mass is 300 g/mol. The van der Waals surface area contributed by atoms with E-state index in [-0.39, 0.29) is 0 Å². The number of imidazole rings is 1. The molecule has 0 saturated heterocycles. The highest BCUT2D eigenvalue weighted by atomic mass is 32.1. The lowest BCUT2D eigenvalue weighted by molar-refractivity contribution is 0.669. The maximum Gasteiger partial charge on any atom is 0.207 e. The number of nitrogens with one attached hydrogen (secondary N) is 3. The zero-order valence-electron chi connectivity index (χ0n) is 12.0. The molecule has 3 rings (SSSR count). The Kier molecular flexibility index (Phi) is 4.50. The van der Waals surface area contributed by atoms with Crippen LogP contribution in [0.15, 0.2) is 35.9 Å². The summed E-state index contributed by atoms with van der Waals surface area (Å²) in [6.07, 6.45) is 8.59. The quantitative estimate of drug-likeness (QED) is 0.595. The SMILES string of the molecule is S=C(NCCC1=CCCCC1)Nc1nc2ccccc2[nH]1. The van der Waals surface area contributed by atoms with Crippen molar-refractivity contribution < 1.29 is 0 Å². The van der Waals surface area contributed by atoms with Crippen LogP contribution in [-0.4, -0.2) is 21.6 Å². The Morgan fingerprint density at radius 1 is 1.29 bits per heavy atom. The van der Waals surface area contributed by atoms with E-state index in [0.717, 1.165) is 24.0 Å². The number of thiocarbonyl (C=S) groups is 1. The number of para-hydroxylation sites is 2. The minimum absolute atomic E-state index is 0.616. The van der Waals surface area contributed by atoms with E-state index < -0.39 is 0 Å². The second-order valence-electron chi connectivity index (χ2n) is 5.34. The van der Waals surface area contributed by atoms with Gasteiger partial charge in [-0.15, -0.1) is 0 Å². The molecule has 1 aliphatic rings. The molecule has 0 aliphatic heterocycles. The van der Waals surface area contributed by atoms with Gasteiger partial charge in [0.2, 0.25) is 5.95 Å². The van der Waals surface area contributed by atoms with Crippen molar-refractivity contribution in [1.82, 2.24) is 15.3 Å². The number of aromatic nitrogens is 2. The van der Waals surface area contributed by atoms with Crippen LogP contribution in [0.2, 0.25) is 0 Å². The first-order valence-electron chi connectivity index (χ1n) is 7.49. The smallest absolute Gasteiger partial charge is 0.207 e. The first-order valence-corrected chi connectivity index (χ1v) is 7.89. The number of nitrogens with zero attached hydrogens (tertiary/aromatic N) is 1. The fourth-order valence-electron chi connectivity index (χ4n) is 2.63. The van der Waals surface area contributed by atoms with E-state index >= 15 is 0 Å². The number of anilines is 1. The van der Waals surface area contributed by atoms with Crippen molar-refractivity contribution in [3.63, 3.8) is 0 Å². The summed E-state index contributed by atoms with van der Waals surface area (Å²) in [6.45, 7) is 0.873. The number of rotatable bonds is 4. The molecule has 0 radical (unpaired) electrons. The van der Waals surface area contributed by atoms with E-state index in [0.29, 0.717) is 11.1 Å². The number of hydrogen-bond donors (Lipinski definition) is 3. The molecule has 0 bridgehead atoms. The summed E-state index contributed by atoms with van der Waals surface area (Å²) < 4.78 is 0. The second kappa shape index (κ2) is 6.72. The maximum atomic E-state index is 5.31. The van der Waals surface area contributed by atoms with Gasteiger partial charge < -0.3 is 15.6 Å². The number of allylic oxidation sites excluding steroid dienone is 1. The van der Waals surface area contributed by atoms with Gasteiger partial charge in [0, 0.05) is 6.54 Å². The minimum atomic E-state index is 0.616. The Labute approximate surface area is 130 Å². The van der Waals surface area contributed by atoms with Gasteiger partial charge in [0.1, 0.15) is 0 Å². The average Bonchev–Trinajstić information content (AvgIpc) is 2.90. The standard InChI is InChI=1S/C16H20N4S/c21-16(17-11-10-12-6-2-1-3-7-12)20-15-18-13-8-4-5-9-14(13)19-15/h4-6,8-9H,1-3,7,10-11H2,(H3,17,18,19,20,21). The number of hydrogen-bond acceptors (Lipinski definition) is 2. The predicted molar refractivity (Wildman–Crippen MR) is 91.5 cm³/mol. The van der Waals surface area contributed by atoms with Crippen LogP contribution in [0.5, 0.6) is 0 Å². The van der Waals surface area contributed by atoms with Crippen LogP contribution < -0.4 is 10.6 Å². The normalized spacial score (nSPS) is 14.8. The molecule has 5 heteroatoms. The van der Waals surface area contributed by atoms with Gasteiger partial charge in [-0.2, -0.15) is 0 Å². The van der Waals surface area contributed by atoms with Gasteiger partial charge in [-0.25, -0.2) is 4.98 Å². The maximum absolute atomic E-state index is 5.31. The third kappa shape index (κ3) is 3.82. The van der Waals surface area contributed by atoms with Crippen LogP contribution >= 0.6 is 12.2 Å². The van der Waals surface area contributed by atoms with Gasteiger partial charge in [0.05, 0.1) is 11.0 Å². The molecule has 1 aromatic carbocycles. The summed E-state index contributed by atoms with van der Waals surface area (Å²) in [7, 11) is 0. The highest BCUT2D eigenvalue weighted by Crippen LogP contribution is 2.19. The zero-order chi connectivity index (χ0) is 14.5. The van der Waals surface area contributed by atoms with Crippen LogP contribution in [0.1, 0.15) is 32.1 Å². The molecule has 1 aliphatic carbocycles. The lowest BCUT2D eigenvalue weighted by Gasteiger charge is -2.13. The molecular weight excluding hydrogens is 280 g/mol. The molecule has 0 fully saturated rings. The Bertz CT molecular complexity index is 626. The van der Waals surface area contributed by atoms with Gasteiger partial charge in [-0.05, 0) is 56.5 Å². The van der Waals surface area contributed by atoms with Crippen LogP contribution in [0.4, 0.5) is 5.95 Å². The fourth-order valence-corrected chi connectivity index (χ4v) is 2.83. The van der Waals surface area contributed by atoms with Crippen LogP contribution in [0, 0.1) is 0 Å². The van der Waals surface area contributed by atoms with E-state index in [9.17, 15) is 0 Å². The molecule has 2 aromatic rings. The number of H-pyrrole nitrogens is 1. The van der Waals surface area contributed by atoms with Gasteiger partial charge in [-0.3, -0.25) is 0 Å². The Balaban J connectivity index is 1.48. The summed E-state index contributed by atoms with van der Waals surface area (Å²) >= 11 is 5.31. The van der Waals surface area contributed by atoms with Crippen LogP contribution in [0.25, 0.3) is 11.0 Å². The Hall–Kier alpha value is -1.88.